The fourth-order valence-corrected chi connectivity index (χ4v) is 5.34. The molecule has 4 heterocycles. The number of thiazole rings is 1. The lowest BCUT2D eigenvalue weighted by molar-refractivity contribution is -0.142. The van der Waals surface area contributed by atoms with Crippen LogP contribution in [0.4, 0.5) is 0 Å². The zero-order valence-corrected chi connectivity index (χ0v) is 17.3. The van der Waals surface area contributed by atoms with Crippen LogP contribution in [0.2, 0.25) is 0 Å². The van der Waals surface area contributed by atoms with E-state index in [1.807, 2.05) is 4.90 Å². The highest BCUT2D eigenvalue weighted by Crippen LogP contribution is 2.26. The van der Waals surface area contributed by atoms with E-state index in [2.05, 4.69) is 27.1 Å². The Morgan fingerprint density at radius 2 is 1.96 bits per heavy atom. The minimum Gasteiger partial charge on any atom is -0.378 e. The monoisotopic (exact) mass is 392 g/mol. The van der Waals surface area contributed by atoms with Crippen molar-refractivity contribution < 1.29 is 9.53 Å². The number of carbonyl (C=O) groups excluding carboxylic acids is 1. The van der Waals surface area contributed by atoms with Crippen molar-refractivity contribution in [3.05, 3.63) is 16.1 Å². The number of ether oxygens (including phenoxy) is 1. The van der Waals surface area contributed by atoms with Gasteiger partial charge in [0.2, 0.25) is 5.91 Å². The molecule has 0 aliphatic carbocycles. The fraction of sp³-hybridized carbons (Fsp3) is 0.800. The molecule has 0 N–H and O–H groups in total. The van der Waals surface area contributed by atoms with Crippen molar-refractivity contribution in [3.63, 3.8) is 0 Å². The third kappa shape index (κ3) is 4.88. The number of aryl methyl sites for hydroxylation is 1. The van der Waals surface area contributed by atoms with Crippen LogP contribution in [0.15, 0.2) is 5.38 Å². The summed E-state index contributed by atoms with van der Waals surface area (Å²) in [5.41, 5.74) is 1.21. The highest BCUT2D eigenvalue weighted by molar-refractivity contribution is 7.09. The average molecular weight is 393 g/mol. The van der Waals surface area contributed by atoms with Crippen LogP contribution in [-0.2, 0) is 16.1 Å². The van der Waals surface area contributed by atoms with Gasteiger partial charge in [-0.15, -0.1) is 11.3 Å². The first-order valence-corrected chi connectivity index (χ1v) is 11.3. The Bertz CT molecular complexity index is 623. The van der Waals surface area contributed by atoms with Gasteiger partial charge in [-0.1, -0.05) is 0 Å². The predicted octanol–water partition coefficient (Wildman–Crippen LogP) is 1.99. The molecule has 1 atom stereocenters. The smallest absolute Gasteiger partial charge is 0.227 e. The van der Waals surface area contributed by atoms with Crippen LogP contribution in [0.3, 0.4) is 0 Å². The van der Waals surface area contributed by atoms with Gasteiger partial charge in [0.1, 0.15) is 0 Å². The number of hydrogen-bond donors (Lipinski definition) is 0. The molecule has 3 aliphatic heterocycles. The second-order valence-electron chi connectivity index (χ2n) is 8.14. The Morgan fingerprint density at radius 3 is 2.67 bits per heavy atom. The van der Waals surface area contributed by atoms with Gasteiger partial charge in [0.05, 0.1) is 29.8 Å². The summed E-state index contributed by atoms with van der Waals surface area (Å²) in [6.45, 7) is 10.4. The Morgan fingerprint density at radius 1 is 1.19 bits per heavy atom. The number of rotatable bonds is 4. The molecule has 1 aromatic heterocycles. The van der Waals surface area contributed by atoms with Crippen LogP contribution >= 0.6 is 11.3 Å². The van der Waals surface area contributed by atoms with Gasteiger partial charge in [0.15, 0.2) is 0 Å². The van der Waals surface area contributed by atoms with Crippen LogP contribution in [0.1, 0.15) is 36.4 Å². The molecule has 3 aliphatic rings. The Labute approximate surface area is 166 Å². The summed E-state index contributed by atoms with van der Waals surface area (Å²) >= 11 is 1.74. The van der Waals surface area contributed by atoms with Gasteiger partial charge in [-0.3, -0.25) is 14.6 Å². The second kappa shape index (κ2) is 8.99. The normalized spacial score (nSPS) is 26.4. The molecule has 0 spiro atoms. The molecule has 150 valence electrons. The number of morpholine rings is 1. The van der Waals surface area contributed by atoms with Gasteiger partial charge < -0.3 is 9.64 Å². The topological polar surface area (TPSA) is 48.9 Å². The molecular formula is C20H32N4O2S. The number of nitrogens with zero attached hydrogens (tertiary/aromatic N) is 4. The molecule has 27 heavy (non-hydrogen) atoms. The van der Waals surface area contributed by atoms with Gasteiger partial charge >= 0.3 is 0 Å². The summed E-state index contributed by atoms with van der Waals surface area (Å²) in [5.74, 6) is 0.548. The van der Waals surface area contributed by atoms with Crippen molar-refractivity contribution in [2.45, 2.75) is 45.2 Å². The number of piperidine rings is 2. The van der Waals surface area contributed by atoms with Crippen molar-refractivity contribution >= 4 is 17.2 Å². The van der Waals surface area contributed by atoms with E-state index in [0.29, 0.717) is 25.2 Å². The summed E-state index contributed by atoms with van der Waals surface area (Å²) in [7, 11) is 0. The zero-order valence-electron chi connectivity index (χ0n) is 16.4. The lowest BCUT2D eigenvalue weighted by atomic mass is 9.92. The van der Waals surface area contributed by atoms with Gasteiger partial charge in [0, 0.05) is 50.7 Å². The SMILES string of the molecule is Cc1nc(CN2CCC(N3CCC[C@H](C(=O)N4CCOCC4)C3)CC2)cs1. The van der Waals surface area contributed by atoms with Gasteiger partial charge in [-0.2, -0.15) is 0 Å². The Kier molecular flexibility index (Phi) is 6.42. The summed E-state index contributed by atoms with van der Waals surface area (Å²) in [6.07, 6.45) is 4.62. The van der Waals surface area contributed by atoms with Crippen molar-refractivity contribution in [3.8, 4) is 0 Å². The highest BCUT2D eigenvalue weighted by Gasteiger charge is 2.33. The Hall–Kier alpha value is -1.02. The molecule has 0 bridgehead atoms. The molecule has 0 radical (unpaired) electrons. The van der Waals surface area contributed by atoms with Gasteiger partial charge in [0.25, 0.3) is 0 Å². The molecule has 3 saturated heterocycles. The van der Waals surface area contributed by atoms with Crippen molar-refractivity contribution in [2.75, 3.05) is 52.5 Å². The van der Waals surface area contributed by atoms with Gasteiger partial charge in [-0.25, -0.2) is 4.98 Å². The number of carbonyl (C=O) groups is 1. The molecule has 0 aromatic carbocycles. The van der Waals surface area contributed by atoms with E-state index in [1.165, 1.54) is 18.5 Å². The molecule has 4 rings (SSSR count). The lowest BCUT2D eigenvalue weighted by Crippen LogP contribution is -2.52. The van der Waals surface area contributed by atoms with Crippen LogP contribution in [0.25, 0.3) is 0 Å². The summed E-state index contributed by atoms with van der Waals surface area (Å²) in [5, 5.41) is 3.35. The maximum atomic E-state index is 12.9. The molecular weight excluding hydrogens is 360 g/mol. The summed E-state index contributed by atoms with van der Waals surface area (Å²) in [4.78, 5) is 24.6. The molecule has 1 aromatic rings. The van der Waals surface area contributed by atoms with Crippen LogP contribution in [0.5, 0.6) is 0 Å². The number of hydrogen-bond acceptors (Lipinski definition) is 6. The largest absolute Gasteiger partial charge is 0.378 e. The molecule has 6 nitrogen and oxygen atoms in total. The van der Waals surface area contributed by atoms with E-state index < -0.39 is 0 Å². The quantitative estimate of drug-likeness (QED) is 0.784. The van der Waals surface area contributed by atoms with Crippen LogP contribution in [0, 0.1) is 12.8 Å². The molecule has 0 saturated carbocycles. The maximum absolute atomic E-state index is 12.9. The van der Waals surface area contributed by atoms with Crippen molar-refractivity contribution in [1.82, 2.24) is 19.7 Å². The van der Waals surface area contributed by atoms with E-state index >= 15 is 0 Å². The maximum Gasteiger partial charge on any atom is 0.227 e. The van der Waals surface area contributed by atoms with E-state index in [4.69, 9.17) is 4.74 Å². The first-order valence-electron chi connectivity index (χ1n) is 10.4. The minimum atomic E-state index is 0.188. The van der Waals surface area contributed by atoms with Crippen molar-refractivity contribution in [1.29, 1.82) is 0 Å². The van der Waals surface area contributed by atoms with Crippen LogP contribution in [-0.4, -0.2) is 84.1 Å². The third-order valence-corrected chi connectivity index (χ3v) is 7.07. The van der Waals surface area contributed by atoms with E-state index in [1.54, 1.807) is 11.3 Å². The van der Waals surface area contributed by atoms with E-state index in [9.17, 15) is 4.79 Å². The first kappa shape index (κ1) is 19.3. The summed E-state index contributed by atoms with van der Waals surface area (Å²) in [6, 6.07) is 0.638. The standard InChI is InChI=1S/C20H32N4O2S/c1-16-21-18(15-27-16)14-22-7-4-19(5-8-22)24-6-2-3-17(13-24)20(25)23-9-11-26-12-10-23/h15,17,19H,2-14H2,1H3/t17-/m0/s1. The molecule has 1 amide bonds. The number of amides is 1. The zero-order chi connectivity index (χ0) is 18.6. The van der Waals surface area contributed by atoms with Crippen molar-refractivity contribution in [2.24, 2.45) is 5.92 Å². The number of aromatic nitrogens is 1. The minimum absolute atomic E-state index is 0.188. The van der Waals surface area contributed by atoms with E-state index in [-0.39, 0.29) is 5.92 Å². The lowest BCUT2D eigenvalue weighted by Gasteiger charge is -2.43. The first-order chi connectivity index (χ1) is 13.2. The third-order valence-electron chi connectivity index (χ3n) is 6.25. The van der Waals surface area contributed by atoms with Crippen LogP contribution < -0.4 is 0 Å². The second-order valence-corrected chi connectivity index (χ2v) is 9.20. The molecule has 3 fully saturated rings. The highest BCUT2D eigenvalue weighted by atomic mass is 32.1. The fourth-order valence-electron chi connectivity index (χ4n) is 4.73. The summed E-state index contributed by atoms with van der Waals surface area (Å²) < 4.78 is 5.39. The number of likely N-dealkylation sites (tertiary alicyclic amines) is 2. The molecule has 0 unspecified atom stereocenters. The Balaban J connectivity index is 1.26. The van der Waals surface area contributed by atoms with E-state index in [0.717, 1.165) is 63.7 Å². The molecule has 7 heteroatoms. The average Bonchev–Trinajstić information content (AvgIpc) is 3.13. The van der Waals surface area contributed by atoms with Gasteiger partial charge in [-0.05, 0) is 39.2 Å². The predicted molar refractivity (Wildman–Crippen MR) is 107 cm³/mol.